The molecule has 126 valence electrons. The fraction of sp³-hybridized carbons (Fsp3) is 0.400. The Morgan fingerprint density at radius 1 is 1.26 bits per heavy atom. The van der Waals surface area contributed by atoms with E-state index in [-0.39, 0.29) is 12.1 Å². The maximum Gasteiger partial charge on any atom is 0.573 e. The van der Waals surface area contributed by atoms with E-state index in [1.165, 1.54) is 0 Å². The van der Waals surface area contributed by atoms with Crippen molar-refractivity contribution in [1.82, 2.24) is 5.32 Å². The quantitative estimate of drug-likeness (QED) is 0.664. The minimum absolute atomic E-state index is 0.154. The molecule has 0 saturated heterocycles. The van der Waals surface area contributed by atoms with E-state index in [1.54, 1.807) is 20.8 Å². The smallest absolute Gasteiger partial charge is 0.444 e. The van der Waals surface area contributed by atoms with Gasteiger partial charge in [0.1, 0.15) is 17.2 Å². The fourth-order valence-electron chi connectivity index (χ4n) is 1.37. The molecular formula is C15H15F4NO3. The number of rotatable bonds is 2. The molecule has 0 saturated carbocycles. The number of amides is 1. The maximum atomic E-state index is 13.5. The largest absolute Gasteiger partial charge is 0.573 e. The van der Waals surface area contributed by atoms with Crippen LogP contribution in [-0.2, 0) is 4.74 Å². The number of benzene rings is 1. The monoisotopic (exact) mass is 333 g/mol. The Morgan fingerprint density at radius 3 is 2.48 bits per heavy atom. The molecule has 1 amide bonds. The van der Waals surface area contributed by atoms with Gasteiger partial charge in [-0.05, 0) is 39.0 Å². The first-order valence-corrected chi connectivity index (χ1v) is 6.47. The summed E-state index contributed by atoms with van der Waals surface area (Å²) >= 11 is 0. The van der Waals surface area contributed by atoms with Gasteiger partial charge in [0.15, 0.2) is 0 Å². The molecule has 0 aliphatic carbocycles. The summed E-state index contributed by atoms with van der Waals surface area (Å²) in [4.78, 5) is 11.3. The molecule has 1 aromatic carbocycles. The lowest BCUT2D eigenvalue weighted by atomic mass is 10.2. The molecule has 0 fully saturated rings. The Morgan fingerprint density at radius 2 is 1.91 bits per heavy atom. The van der Waals surface area contributed by atoms with Crippen molar-refractivity contribution < 1.29 is 31.8 Å². The normalized spacial score (nSPS) is 11.3. The Labute approximate surface area is 130 Å². The van der Waals surface area contributed by atoms with Gasteiger partial charge in [-0.2, -0.15) is 0 Å². The zero-order valence-corrected chi connectivity index (χ0v) is 12.7. The van der Waals surface area contributed by atoms with Gasteiger partial charge in [-0.25, -0.2) is 9.18 Å². The average Bonchev–Trinajstić information content (AvgIpc) is 2.34. The third-order valence-corrected chi connectivity index (χ3v) is 2.11. The first-order valence-electron chi connectivity index (χ1n) is 6.47. The predicted octanol–water partition coefficient (Wildman–Crippen LogP) is 3.60. The van der Waals surface area contributed by atoms with Crippen LogP contribution in [-0.4, -0.2) is 24.6 Å². The number of carbonyl (C=O) groups excluding carboxylic acids is 1. The Hall–Kier alpha value is -2.43. The Bertz CT molecular complexity index is 624. The average molecular weight is 333 g/mol. The fourth-order valence-corrected chi connectivity index (χ4v) is 1.37. The number of halogens is 4. The number of carbonyl (C=O) groups is 1. The highest BCUT2D eigenvalue weighted by Gasteiger charge is 2.31. The van der Waals surface area contributed by atoms with E-state index in [1.807, 2.05) is 0 Å². The zero-order valence-electron chi connectivity index (χ0n) is 12.7. The molecule has 23 heavy (non-hydrogen) atoms. The number of alkyl halides is 3. The lowest BCUT2D eigenvalue weighted by Crippen LogP contribution is -2.32. The van der Waals surface area contributed by atoms with Crippen LogP contribution in [0.1, 0.15) is 26.3 Å². The van der Waals surface area contributed by atoms with Gasteiger partial charge in [0.2, 0.25) is 0 Å². The van der Waals surface area contributed by atoms with Crippen LogP contribution in [0.5, 0.6) is 5.75 Å². The molecule has 4 nitrogen and oxygen atoms in total. The molecule has 0 atom stereocenters. The van der Waals surface area contributed by atoms with Gasteiger partial charge in [-0.3, -0.25) is 0 Å². The van der Waals surface area contributed by atoms with Crippen molar-refractivity contribution >= 4 is 6.09 Å². The molecule has 0 heterocycles. The number of hydrogen-bond donors (Lipinski definition) is 1. The van der Waals surface area contributed by atoms with Crippen molar-refractivity contribution in [2.45, 2.75) is 32.7 Å². The molecule has 0 aliphatic heterocycles. The van der Waals surface area contributed by atoms with E-state index >= 15 is 0 Å². The summed E-state index contributed by atoms with van der Waals surface area (Å²) in [6.07, 6.45) is -5.58. The molecule has 1 aromatic rings. The highest BCUT2D eigenvalue weighted by Crippen LogP contribution is 2.24. The summed E-state index contributed by atoms with van der Waals surface area (Å²) in [6.45, 7) is 4.89. The minimum Gasteiger partial charge on any atom is -0.444 e. The summed E-state index contributed by atoms with van der Waals surface area (Å²) < 4.78 is 58.4. The van der Waals surface area contributed by atoms with Crippen LogP contribution in [0.25, 0.3) is 0 Å². The molecule has 0 radical (unpaired) electrons. The molecule has 1 N–H and O–H groups in total. The van der Waals surface area contributed by atoms with Crippen molar-refractivity contribution in [2.75, 3.05) is 6.54 Å². The van der Waals surface area contributed by atoms with E-state index in [2.05, 4.69) is 21.9 Å². The minimum atomic E-state index is -4.87. The van der Waals surface area contributed by atoms with Crippen LogP contribution in [0, 0.1) is 17.7 Å². The highest BCUT2D eigenvalue weighted by molar-refractivity contribution is 5.68. The molecule has 0 aliphatic rings. The molecule has 1 rings (SSSR count). The number of hydrogen-bond acceptors (Lipinski definition) is 3. The van der Waals surface area contributed by atoms with E-state index in [9.17, 15) is 22.4 Å². The van der Waals surface area contributed by atoms with Gasteiger partial charge in [0.05, 0.1) is 12.1 Å². The van der Waals surface area contributed by atoms with Crippen LogP contribution < -0.4 is 10.1 Å². The second-order valence-electron chi connectivity index (χ2n) is 5.35. The van der Waals surface area contributed by atoms with Gasteiger partial charge in [0.25, 0.3) is 0 Å². The van der Waals surface area contributed by atoms with E-state index in [0.29, 0.717) is 0 Å². The lowest BCUT2D eigenvalue weighted by molar-refractivity contribution is -0.274. The van der Waals surface area contributed by atoms with Crippen LogP contribution in [0.15, 0.2) is 18.2 Å². The van der Waals surface area contributed by atoms with Crippen molar-refractivity contribution in [1.29, 1.82) is 0 Å². The Balaban J connectivity index is 2.67. The van der Waals surface area contributed by atoms with Crippen molar-refractivity contribution in [2.24, 2.45) is 0 Å². The SMILES string of the molecule is CC(C)(C)OC(=O)NCC#Cc1cc(OC(F)(F)F)ccc1F. The van der Waals surface area contributed by atoms with Gasteiger partial charge in [-0.1, -0.05) is 11.8 Å². The Kier molecular flexibility index (Phi) is 5.85. The standard InChI is InChI=1S/C15H15F4NO3/c1-14(2,3)23-13(21)20-8-4-5-10-9-11(6-7-12(10)16)22-15(17,18)19/h6-7,9H,8H2,1-3H3,(H,20,21). The molecule has 0 unspecified atom stereocenters. The highest BCUT2D eigenvalue weighted by atomic mass is 19.4. The van der Waals surface area contributed by atoms with Crippen molar-refractivity contribution in [3.05, 3.63) is 29.6 Å². The van der Waals surface area contributed by atoms with Crippen LogP contribution in [0.4, 0.5) is 22.4 Å². The van der Waals surface area contributed by atoms with Gasteiger partial charge in [-0.15, -0.1) is 13.2 Å². The second-order valence-corrected chi connectivity index (χ2v) is 5.35. The third kappa shape index (κ3) is 7.95. The lowest BCUT2D eigenvalue weighted by Gasteiger charge is -2.19. The zero-order chi connectivity index (χ0) is 17.7. The van der Waals surface area contributed by atoms with Gasteiger partial charge < -0.3 is 14.8 Å². The van der Waals surface area contributed by atoms with Gasteiger partial charge >= 0.3 is 12.5 Å². The number of ether oxygens (including phenoxy) is 2. The molecular weight excluding hydrogens is 318 g/mol. The molecule has 0 spiro atoms. The van der Waals surface area contributed by atoms with Gasteiger partial charge in [0, 0.05) is 0 Å². The molecule has 0 bridgehead atoms. The molecule has 8 heteroatoms. The van der Waals surface area contributed by atoms with Crippen molar-refractivity contribution in [3.63, 3.8) is 0 Å². The summed E-state index contributed by atoms with van der Waals surface area (Å²) in [5.41, 5.74) is -0.954. The predicted molar refractivity (Wildman–Crippen MR) is 74.2 cm³/mol. The summed E-state index contributed by atoms with van der Waals surface area (Å²) in [6, 6.07) is 2.47. The topological polar surface area (TPSA) is 47.6 Å². The second kappa shape index (κ2) is 7.22. The third-order valence-electron chi connectivity index (χ3n) is 2.11. The summed E-state index contributed by atoms with van der Waals surface area (Å²) in [5, 5.41) is 2.31. The number of alkyl carbamates (subject to hydrolysis) is 1. The first-order chi connectivity index (χ1) is 10.5. The van der Waals surface area contributed by atoms with E-state index in [4.69, 9.17) is 4.74 Å². The summed E-state index contributed by atoms with van der Waals surface area (Å²) in [7, 11) is 0. The number of nitrogens with one attached hydrogen (secondary N) is 1. The van der Waals surface area contributed by atoms with E-state index < -0.39 is 29.6 Å². The van der Waals surface area contributed by atoms with Crippen LogP contribution in [0.2, 0.25) is 0 Å². The van der Waals surface area contributed by atoms with Crippen LogP contribution >= 0.6 is 0 Å². The van der Waals surface area contributed by atoms with E-state index in [0.717, 1.165) is 18.2 Å². The molecule has 0 aromatic heterocycles. The van der Waals surface area contributed by atoms with Crippen LogP contribution in [0.3, 0.4) is 0 Å². The summed E-state index contributed by atoms with van der Waals surface area (Å²) in [5.74, 6) is 3.34. The van der Waals surface area contributed by atoms with Crippen molar-refractivity contribution in [3.8, 4) is 17.6 Å². The first kappa shape index (κ1) is 18.6. The maximum absolute atomic E-state index is 13.5.